The van der Waals surface area contributed by atoms with E-state index in [4.69, 9.17) is 0 Å². The van der Waals surface area contributed by atoms with Crippen molar-refractivity contribution in [1.82, 2.24) is 10.2 Å². The number of nitrogens with one attached hydrogen (secondary N) is 1. The van der Waals surface area contributed by atoms with Gasteiger partial charge in [-0.25, -0.2) is 12.8 Å². The summed E-state index contributed by atoms with van der Waals surface area (Å²) in [6.45, 7) is 3.07. The molecular weight excluding hydrogens is 553 g/mol. The van der Waals surface area contributed by atoms with E-state index in [-0.39, 0.29) is 29.8 Å². The van der Waals surface area contributed by atoms with Gasteiger partial charge < -0.3 is 10.2 Å². The molecule has 0 spiro atoms. The number of amides is 2. The Balaban J connectivity index is 1.78. The van der Waals surface area contributed by atoms with Gasteiger partial charge in [0.25, 0.3) is 10.0 Å². The van der Waals surface area contributed by atoms with Crippen LogP contribution in [0.5, 0.6) is 0 Å². The number of benzene rings is 4. The highest BCUT2D eigenvalue weighted by Gasteiger charge is 2.34. The van der Waals surface area contributed by atoms with Gasteiger partial charge in [-0.1, -0.05) is 78.9 Å². The number of hydrogen-bond acceptors (Lipinski definition) is 4. The van der Waals surface area contributed by atoms with Crippen molar-refractivity contribution >= 4 is 27.5 Å². The molecule has 218 valence electrons. The van der Waals surface area contributed by atoms with Crippen LogP contribution in [0.15, 0.2) is 120 Å². The molecule has 4 aromatic rings. The largest absolute Gasteiger partial charge is 0.352 e. The Labute approximate surface area is 246 Å². The molecule has 42 heavy (non-hydrogen) atoms. The highest BCUT2D eigenvalue weighted by atomic mass is 32.2. The highest BCUT2D eigenvalue weighted by molar-refractivity contribution is 7.92. The first kappa shape index (κ1) is 30.5. The molecule has 1 atom stereocenters. The predicted molar refractivity (Wildman–Crippen MR) is 162 cm³/mol. The van der Waals surface area contributed by atoms with E-state index < -0.39 is 34.3 Å². The lowest BCUT2D eigenvalue weighted by Crippen LogP contribution is -2.54. The fourth-order valence-electron chi connectivity index (χ4n) is 4.56. The summed E-state index contributed by atoms with van der Waals surface area (Å²) in [4.78, 5) is 29.3. The van der Waals surface area contributed by atoms with Crippen molar-refractivity contribution in [1.29, 1.82) is 0 Å². The van der Waals surface area contributed by atoms with Gasteiger partial charge >= 0.3 is 0 Å². The number of nitrogens with zero attached hydrogens (tertiary/aromatic N) is 2. The van der Waals surface area contributed by atoms with Crippen LogP contribution in [0.4, 0.5) is 10.1 Å². The molecule has 0 aromatic heterocycles. The molecule has 0 bridgehead atoms. The number of carbonyl (C=O) groups excluding carboxylic acids is 2. The second kappa shape index (κ2) is 13.9. The molecule has 0 aliphatic carbocycles. The molecule has 9 heteroatoms. The number of halogens is 1. The van der Waals surface area contributed by atoms with Gasteiger partial charge in [-0.3, -0.25) is 13.9 Å². The molecule has 0 radical (unpaired) electrons. The normalized spacial score (nSPS) is 12.0. The van der Waals surface area contributed by atoms with Crippen LogP contribution < -0.4 is 9.62 Å². The smallest absolute Gasteiger partial charge is 0.264 e. The second-order valence-corrected chi connectivity index (χ2v) is 12.0. The lowest BCUT2D eigenvalue weighted by molar-refractivity contribution is -0.140. The molecule has 0 heterocycles. The van der Waals surface area contributed by atoms with Gasteiger partial charge in [0.15, 0.2) is 0 Å². The summed E-state index contributed by atoms with van der Waals surface area (Å²) in [5.41, 5.74) is 1.73. The zero-order valence-corrected chi connectivity index (χ0v) is 24.4. The molecule has 0 saturated carbocycles. The monoisotopic (exact) mass is 587 g/mol. The predicted octanol–water partition coefficient (Wildman–Crippen LogP) is 5.19. The Morgan fingerprint density at radius 3 is 1.88 bits per heavy atom. The van der Waals surface area contributed by atoms with Crippen molar-refractivity contribution in [3.8, 4) is 0 Å². The summed E-state index contributed by atoms with van der Waals surface area (Å²) in [5, 5.41) is 2.91. The Hall–Kier alpha value is -4.50. The van der Waals surface area contributed by atoms with E-state index in [0.29, 0.717) is 11.3 Å². The zero-order chi connectivity index (χ0) is 30.1. The van der Waals surface area contributed by atoms with Gasteiger partial charge in [-0.05, 0) is 61.4 Å². The van der Waals surface area contributed by atoms with E-state index in [0.717, 1.165) is 9.87 Å². The maximum absolute atomic E-state index is 14.3. The Bertz CT molecular complexity index is 1570. The maximum atomic E-state index is 14.3. The number of rotatable bonds is 12. The minimum absolute atomic E-state index is 0.0316. The molecule has 7 nitrogen and oxygen atoms in total. The van der Waals surface area contributed by atoms with E-state index >= 15 is 0 Å². The van der Waals surface area contributed by atoms with E-state index in [1.54, 1.807) is 60.7 Å². The number of anilines is 1. The molecule has 4 aromatic carbocycles. The first-order valence-corrected chi connectivity index (χ1v) is 15.1. The van der Waals surface area contributed by atoms with Gasteiger partial charge in [0.1, 0.15) is 18.4 Å². The molecule has 0 saturated heterocycles. The number of sulfonamides is 1. The van der Waals surface area contributed by atoms with Crippen LogP contribution in [0.2, 0.25) is 0 Å². The quantitative estimate of drug-likeness (QED) is 0.247. The number of hydrogen-bond donors (Lipinski definition) is 1. The summed E-state index contributed by atoms with van der Waals surface area (Å²) in [6.07, 6.45) is 0.198. The fourth-order valence-corrected chi connectivity index (χ4v) is 6.00. The Morgan fingerprint density at radius 2 is 1.31 bits per heavy atom. The van der Waals surface area contributed by atoms with Crippen molar-refractivity contribution in [3.63, 3.8) is 0 Å². The molecular formula is C33H34FN3O4S. The topological polar surface area (TPSA) is 86.8 Å². The number of carbonyl (C=O) groups is 2. The van der Waals surface area contributed by atoms with Gasteiger partial charge in [-0.15, -0.1) is 0 Å². The minimum Gasteiger partial charge on any atom is -0.352 e. The molecule has 1 unspecified atom stereocenters. The van der Waals surface area contributed by atoms with Crippen molar-refractivity contribution in [2.24, 2.45) is 0 Å². The van der Waals surface area contributed by atoms with Crippen LogP contribution in [0.3, 0.4) is 0 Å². The van der Waals surface area contributed by atoms with Crippen molar-refractivity contribution in [3.05, 3.63) is 132 Å². The Kier molecular flexibility index (Phi) is 10.1. The van der Waals surface area contributed by atoms with Crippen molar-refractivity contribution in [2.75, 3.05) is 10.8 Å². The Morgan fingerprint density at radius 1 is 0.762 bits per heavy atom. The molecule has 0 fully saturated rings. The molecule has 0 aliphatic rings. The van der Waals surface area contributed by atoms with Crippen molar-refractivity contribution < 1.29 is 22.4 Å². The average molecular weight is 588 g/mol. The maximum Gasteiger partial charge on any atom is 0.264 e. The molecule has 2 amide bonds. The first-order chi connectivity index (χ1) is 20.1. The van der Waals surface area contributed by atoms with Crippen LogP contribution in [0, 0.1) is 5.82 Å². The van der Waals surface area contributed by atoms with E-state index in [1.807, 2.05) is 44.2 Å². The van der Waals surface area contributed by atoms with Crippen LogP contribution in [-0.4, -0.2) is 43.8 Å². The highest BCUT2D eigenvalue weighted by Crippen LogP contribution is 2.25. The van der Waals surface area contributed by atoms with Crippen LogP contribution in [0.25, 0.3) is 0 Å². The van der Waals surface area contributed by atoms with Gasteiger partial charge in [0.05, 0.1) is 10.6 Å². The third kappa shape index (κ3) is 7.82. The summed E-state index contributed by atoms with van der Waals surface area (Å²) in [7, 11) is -4.15. The van der Waals surface area contributed by atoms with E-state index in [2.05, 4.69) is 5.32 Å². The first-order valence-electron chi connectivity index (χ1n) is 13.7. The van der Waals surface area contributed by atoms with Crippen molar-refractivity contribution in [2.45, 2.75) is 43.8 Å². The van der Waals surface area contributed by atoms with Gasteiger partial charge in [-0.2, -0.15) is 0 Å². The molecule has 4 rings (SSSR count). The summed E-state index contributed by atoms with van der Waals surface area (Å²) in [6, 6.07) is 30.1. The van der Waals surface area contributed by atoms with Crippen LogP contribution in [0.1, 0.15) is 25.0 Å². The fraction of sp³-hybridized carbons (Fsp3) is 0.212. The van der Waals surface area contributed by atoms with Gasteiger partial charge in [0, 0.05) is 19.0 Å². The van der Waals surface area contributed by atoms with Crippen LogP contribution >= 0.6 is 0 Å². The minimum atomic E-state index is -4.15. The van der Waals surface area contributed by atoms with E-state index in [9.17, 15) is 22.4 Å². The third-order valence-corrected chi connectivity index (χ3v) is 8.41. The number of para-hydroxylation sites is 1. The lowest BCUT2D eigenvalue weighted by atomic mass is 10.0. The summed E-state index contributed by atoms with van der Waals surface area (Å²) in [5.74, 6) is -1.39. The third-order valence-electron chi connectivity index (χ3n) is 6.62. The lowest BCUT2D eigenvalue weighted by Gasteiger charge is -2.34. The summed E-state index contributed by atoms with van der Waals surface area (Å²) < 4.78 is 42.5. The second-order valence-electron chi connectivity index (χ2n) is 10.2. The summed E-state index contributed by atoms with van der Waals surface area (Å²) >= 11 is 0. The molecule has 1 N–H and O–H groups in total. The average Bonchev–Trinajstić information content (AvgIpc) is 2.99. The van der Waals surface area contributed by atoms with Crippen LogP contribution in [-0.2, 0) is 32.6 Å². The SMILES string of the molecule is CC(C)NC(=O)C(Cc1ccccc1)N(Cc1ccc(F)cc1)C(=O)CN(c1ccccc1)S(=O)(=O)c1ccccc1. The van der Waals surface area contributed by atoms with Gasteiger partial charge in [0.2, 0.25) is 11.8 Å². The standard InChI is InChI=1S/C33H34FN3O4S/c1-25(2)35-33(39)31(22-26-12-6-3-7-13-26)36(23-27-18-20-28(34)21-19-27)32(38)24-37(29-14-8-4-9-15-29)42(40,41)30-16-10-5-11-17-30/h3-21,25,31H,22-24H2,1-2H3,(H,35,39). The molecule has 0 aliphatic heterocycles. The zero-order valence-electron chi connectivity index (χ0n) is 23.6. The van der Waals surface area contributed by atoms with E-state index in [1.165, 1.54) is 29.2 Å².